The third-order valence-corrected chi connectivity index (χ3v) is 10.5. The van der Waals surface area contributed by atoms with E-state index >= 15 is 0 Å². The molecule has 7 aromatic carbocycles. The summed E-state index contributed by atoms with van der Waals surface area (Å²) in [5.74, 6) is 0. The number of nitrogens with one attached hydrogen (secondary N) is 2. The minimum Gasteiger partial charge on any atom is -0.610 e. The molecule has 1 fully saturated rings. The van der Waals surface area contributed by atoms with Crippen LogP contribution in [0.25, 0.3) is 82.1 Å². The average Bonchev–Trinajstić information content (AvgIpc) is 3.88. The van der Waals surface area contributed by atoms with Gasteiger partial charge in [-0.15, -0.1) is 0 Å². The Hall–Kier alpha value is -6.18. The molecule has 0 bridgehead atoms. The van der Waals surface area contributed by atoms with Crippen LogP contribution in [0.5, 0.6) is 0 Å². The summed E-state index contributed by atoms with van der Waals surface area (Å²) in [5, 5.41) is 19.9. The number of hydrogen-bond acceptors (Lipinski definition) is 4. The third-order valence-electron chi connectivity index (χ3n) is 10.5. The fourth-order valence-electron chi connectivity index (χ4n) is 8.16. The Labute approximate surface area is 292 Å². The van der Waals surface area contributed by atoms with Crippen molar-refractivity contribution in [1.82, 2.24) is 15.2 Å². The zero-order chi connectivity index (χ0) is 33.5. The smallest absolute Gasteiger partial charge is 0.178 e. The number of aromatic nitrogens is 1. The normalized spacial score (nSPS) is 18.2. The van der Waals surface area contributed by atoms with E-state index in [2.05, 4.69) is 155 Å². The number of hydrogen-bond donors (Lipinski definition) is 2. The van der Waals surface area contributed by atoms with Gasteiger partial charge in [-0.3, -0.25) is 5.32 Å². The second-order valence-electron chi connectivity index (χ2n) is 13.3. The van der Waals surface area contributed by atoms with Gasteiger partial charge in [0, 0.05) is 43.4 Å². The standard InChI is InChI=1S/C45H31N4O2/c1-3-13-27(14-4-1)29-19-11-20-32-30-17-7-9-23-37(30)49(39(29)32)45-47-43(28-15-5-2-6-16-28)46-44(48-45)36-22-12-21-33-35-26-25-34-31-18-8-10-24-38(31)50-41(34)42(35)51-40(33)36/h1-26,43-47H/q-1. The molecule has 2 N–H and O–H groups in total. The van der Waals surface area contributed by atoms with Crippen molar-refractivity contribution in [2.45, 2.75) is 18.6 Å². The Bertz CT molecular complexity index is 2920. The van der Waals surface area contributed by atoms with Crippen molar-refractivity contribution in [1.29, 1.82) is 0 Å². The van der Waals surface area contributed by atoms with Crippen molar-refractivity contribution < 1.29 is 8.83 Å². The van der Waals surface area contributed by atoms with Gasteiger partial charge in [0.2, 0.25) is 0 Å². The van der Waals surface area contributed by atoms with Crippen LogP contribution < -0.4 is 10.6 Å². The summed E-state index contributed by atoms with van der Waals surface area (Å²) in [4.78, 5) is 0. The molecule has 0 amide bonds. The molecule has 11 rings (SSSR count). The van der Waals surface area contributed by atoms with E-state index in [0.29, 0.717) is 0 Å². The molecule has 244 valence electrons. The summed E-state index contributed by atoms with van der Waals surface area (Å²) in [6, 6.07) is 55.2. The molecule has 4 heterocycles. The highest BCUT2D eigenvalue weighted by Crippen LogP contribution is 2.45. The van der Waals surface area contributed by atoms with Crippen molar-refractivity contribution in [3.63, 3.8) is 0 Å². The van der Waals surface area contributed by atoms with Gasteiger partial charge in [0.15, 0.2) is 11.2 Å². The van der Waals surface area contributed by atoms with Crippen molar-refractivity contribution in [3.8, 4) is 11.1 Å². The summed E-state index contributed by atoms with van der Waals surface area (Å²) in [6.45, 7) is 0. The van der Waals surface area contributed by atoms with Crippen LogP contribution in [0.4, 0.5) is 0 Å². The van der Waals surface area contributed by atoms with Gasteiger partial charge < -0.3 is 24.0 Å². The molecule has 3 atom stereocenters. The second-order valence-corrected chi connectivity index (χ2v) is 13.3. The summed E-state index contributed by atoms with van der Waals surface area (Å²) >= 11 is 0. The van der Waals surface area contributed by atoms with Crippen molar-refractivity contribution in [2.75, 3.05) is 0 Å². The average molecular weight is 660 g/mol. The third kappa shape index (κ3) is 4.34. The Kier molecular flexibility index (Phi) is 6.27. The lowest BCUT2D eigenvalue weighted by molar-refractivity contribution is 0.275. The van der Waals surface area contributed by atoms with Crippen molar-refractivity contribution in [2.24, 2.45) is 0 Å². The molecule has 1 aliphatic rings. The zero-order valence-corrected chi connectivity index (χ0v) is 27.5. The maximum absolute atomic E-state index is 6.84. The molecule has 6 nitrogen and oxygen atoms in total. The number of nitrogens with zero attached hydrogens (tertiary/aromatic N) is 2. The lowest BCUT2D eigenvalue weighted by Gasteiger charge is -2.50. The number of furan rings is 2. The summed E-state index contributed by atoms with van der Waals surface area (Å²) in [6.07, 6.45) is -0.993. The largest absolute Gasteiger partial charge is 0.610 e. The minimum absolute atomic E-state index is 0.194. The topological polar surface area (TPSA) is 69.4 Å². The van der Waals surface area contributed by atoms with Crippen LogP contribution in [0.15, 0.2) is 167 Å². The van der Waals surface area contributed by atoms with Gasteiger partial charge in [0.25, 0.3) is 0 Å². The maximum atomic E-state index is 6.84. The quantitative estimate of drug-likeness (QED) is 0.197. The Morgan fingerprint density at radius 2 is 1.14 bits per heavy atom. The number of para-hydroxylation sites is 4. The second kappa shape index (κ2) is 11.2. The predicted octanol–water partition coefficient (Wildman–Crippen LogP) is 11.7. The first-order chi connectivity index (χ1) is 25.3. The van der Waals surface area contributed by atoms with Crippen LogP contribution in [0.3, 0.4) is 0 Å². The van der Waals surface area contributed by atoms with Gasteiger partial charge >= 0.3 is 0 Å². The first-order valence-electron chi connectivity index (χ1n) is 17.4. The lowest BCUT2D eigenvalue weighted by Crippen LogP contribution is -2.46. The number of fused-ring (bicyclic) bond motifs is 10. The van der Waals surface area contributed by atoms with E-state index in [1.807, 2.05) is 18.2 Å². The van der Waals surface area contributed by atoms with Gasteiger partial charge in [0.1, 0.15) is 11.2 Å². The highest BCUT2D eigenvalue weighted by molar-refractivity contribution is 6.19. The molecular weight excluding hydrogens is 629 g/mol. The van der Waals surface area contributed by atoms with E-state index in [9.17, 15) is 0 Å². The van der Waals surface area contributed by atoms with Gasteiger partial charge in [-0.1, -0.05) is 140 Å². The Balaban J connectivity index is 1.12. The van der Waals surface area contributed by atoms with Crippen molar-refractivity contribution in [3.05, 3.63) is 174 Å². The molecule has 0 aliphatic carbocycles. The van der Waals surface area contributed by atoms with E-state index < -0.39 is 12.5 Å². The molecule has 3 unspecified atom stereocenters. The first-order valence-corrected chi connectivity index (χ1v) is 17.4. The van der Waals surface area contributed by atoms with Crippen LogP contribution in [-0.2, 0) is 0 Å². The highest BCUT2D eigenvalue weighted by atomic mass is 16.4. The minimum atomic E-state index is -0.407. The summed E-state index contributed by atoms with van der Waals surface area (Å²) < 4.78 is 15.6. The van der Waals surface area contributed by atoms with Gasteiger partial charge in [0.05, 0.1) is 11.7 Å². The monoisotopic (exact) mass is 659 g/mol. The summed E-state index contributed by atoms with van der Waals surface area (Å²) in [5.41, 5.74) is 9.90. The van der Waals surface area contributed by atoms with E-state index in [1.165, 1.54) is 21.9 Å². The highest BCUT2D eigenvalue weighted by Gasteiger charge is 2.27. The Morgan fingerprint density at radius 3 is 2.00 bits per heavy atom. The van der Waals surface area contributed by atoms with Crippen LogP contribution in [0.2, 0.25) is 0 Å². The number of rotatable bonds is 4. The van der Waals surface area contributed by atoms with E-state index in [-0.39, 0.29) is 6.17 Å². The van der Waals surface area contributed by atoms with Crippen LogP contribution in [-0.4, -0.2) is 4.57 Å². The zero-order valence-electron chi connectivity index (χ0n) is 27.5. The van der Waals surface area contributed by atoms with Crippen LogP contribution in [0.1, 0.15) is 29.7 Å². The van der Waals surface area contributed by atoms with Crippen molar-refractivity contribution >= 4 is 65.7 Å². The van der Waals surface area contributed by atoms with E-state index in [1.54, 1.807) is 0 Å². The lowest BCUT2D eigenvalue weighted by atomic mass is 10.0. The maximum Gasteiger partial charge on any atom is 0.178 e. The molecule has 0 spiro atoms. The predicted molar refractivity (Wildman–Crippen MR) is 206 cm³/mol. The van der Waals surface area contributed by atoms with Gasteiger partial charge in [-0.05, 0) is 47.2 Å². The molecule has 0 radical (unpaired) electrons. The fraction of sp³-hybridized carbons (Fsp3) is 0.0667. The molecule has 51 heavy (non-hydrogen) atoms. The molecule has 6 heteroatoms. The fourth-order valence-corrected chi connectivity index (χ4v) is 8.16. The first kappa shape index (κ1) is 28.6. The molecule has 1 saturated heterocycles. The molecular formula is C45H31N4O2-. The molecule has 1 aliphatic heterocycles. The van der Waals surface area contributed by atoms with Gasteiger partial charge in [-0.25, -0.2) is 0 Å². The van der Waals surface area contributed by atoms with E-state index in [0.717, 1.165) is 66.0 Å². The summed E-state index contributed by atoms with van der Waals surface area (Å²) in [7, 11) is 0. The SMILES string of the molecule is c1ccc(-c2cccc3c4ccccc4n(C4[N-]C(c5cccc6c5oc5c6ccc6c7ccccc7oc65)NC(c5ccccc5)N4)c23)cc1. The molecule has 3 aromatic heterocycles. The Morgan fingerprint density at radius 1 is 0.490 bits per heavy atom. The molecule has 0 saturated carbocycles. The van der Waals surface area contributed by atoms with Crippen LogP contribution >= 0.6 is 0 Å². The van der Waals surface area contributed by atoms with E-state index in [4.69, 9.17) is 14.2 Å². The molecule has 10 aromatic rings. The van der Waals surface area contributed by atoms with Crippen LogP contribution in [0, 0.1) is 0 Å². The van der Waals surface area contributed by atoms with Gasteiger partial charge in [-0.2, -0.15) is 0 Å². The number of benzene rings is 7.